The minimum Gasteiger partial charge on any atom is -0.469 e. The number of hydrogen-bond donors (Lipinski definition) is 1. The summed E-state index contributed by atoms with van der Waals surface area (Å²) in [6.07, 6.45) is 0.837. The number of hydrogen-bond acceptors (Lipinski definition) is 3. The predicted octanol–water partition coefficient (Wildman–Crippen LogP) is 1.77. The van der Waals surface area contributed by atoms with Gasteiger partial charge in [0.1, 0.15) is 0 Å². The molecule has 0 amide bonds. The second-order valence-electron chi connectivity index (χ2n) is 3.80. The van der Waals surface area contributed by atoms with E-state index in [1.807, 2.05) is 24.3 Å². The molecule has 2 rings (SSSR count). The number of aliphatic hydroxyl groups excluding tert-OH is 1. The molecular weight excluding hydrogens is 192 g/mol. The number of ether oxygens (including phenoxy) is 1. The van der Waals surface area contributed by atoms with Gasteiger partial charge >= 0.3 is 5.97 Å². The van der Waals surface area contributed by atoms with Crippen LogP contribution in [-0.4, -0.2) is 18.2 Å². The second-order valence-corrected chi connectivity index (χ2v) is 3.80. The summed E-state index contributed by atoms with van der Waals surface area (Å²) < 4.78 is 4.76. The molecule has 1 N–H and O–H groups in total. The summed E-state index contributed by atoms with van der Waals surface area (Å²) in [5, 5.41) is 9.78. The molecule has 0 radical (unpaired) electrons. The molecular formula is C12H14O3. The molecule has 0 spiro atoms. The van der Waals surface area contributed by atoms with Crippen LogP contribution in [0.1, 0.15) is 36.0 Å². The first-order chi connectivity index (χ1) is 7.24. The van der Waals surface area contributed by atoms with Crippen LogP contribution in [0.3, 0.4) is 0 Å². The highest BCUT2D eigenvalue weighted by atomic mass is 16.5. The molecule has 3 nitrogen and oxygen atoms in total. The van der Waals surface area contributed by atoms with Gasteiger partial charge in [0.15, 0.2) is 0 Å². The first kappa shape index (κ1) is 10.2. The fourth-order valence-corrected chi connectivity index (χ4v) is 2.15. The summed E-state index contributed by atoms with van der Waals surface area (Å²) in [4.78, 5) is 11.5. The lowest BCUT2D eigenvalue weighted by molar-refractivity contribution is -0.143. The van der Waals surface area contributed by atoms with Crippen LogP contribution in [0.2, 0.25) is 0 Å². The van der Waals surface area contributed by atoms with E-state index < -0.39 is 6.10 Å². The fourth-order valence-electron chi connectivity index (χ4n) is 2.15. The normalized spacial score (nSPS) is 24.4. The zero-order valence-corrected chi connectivity index (χ0v) is 8.64. The minimum atomic E-state index is -0.442. The Labute approximate surface area is 88.7 Å². The summed E-state index contributed by atoms with van der Waals surface area (Å²) in [7, 11) is 1.40. The van der Waals surface area contributed by atoms with E-state index in [9.17, 15) is 9.90 Å². The van der Waals surface area contributed by atoms with E-state index in [4.69, 9.17) is 4.74 Å². The van der Waals surface area contributed by atoms with Gasteiger partial charge in [0.25, 0.3) is 0 Å². The largest absolute Gasteiger partial charge is 0.469 e. The summed E-state index contributed by atoms with van der Waals surface area (Å²) in [5.41, 5.74) is 1.77. The van der Waals surface area contributed by atoms with E-state index >= 15 is 0 Å². The molecule has 15 heavy (non-hydrogen) atoms. The van der Waals surface area contributed by atoms with Gasteiger partial charge < -0.3 is 9.84 Å². The molecule has 1 aliphatic rings. The number of methoxy groups -OCH3 is 1. The van der Waals surface area contributed by atoms with Gasteiger partial charge in [-0.15, -0.1) is 0 Å². The van der Waals surface area contributed by atoms with E-state index in [0.717, 1.165) is 11.1 Å². The van der Waals surface area contributed by atoms with Crippen molar-refractivity contribution in [1.82, 2.24) is 0 Å². The predicted molar refractivity (Wildman–Crippen MR) is 55.4 cm³/mol. The highest BCUT2D eigenvalue weighted by Crippen LogP contribution is 2.37. The van der Waals surface area contributed by atoms with E-state index in [0.29, 0.717) is 12.8 Å². The van der Waals surface area contributed by atoms with Crippen LogP contribution < -0.4 is 0 Å². The lowest BCUT2D eigenvalue weighted by Gasteiger charge is -2.26. The number of fused-ring (bicyclic) bond motifs is 1. The van der Waals surface area contributed by atoms with Gasteiger partial charge in [-0.05, 0) is 24.0 Å². The molecule has 0 heterocycles. The number of aliphatic hydroxyl groups is 1. The molecule has 3 heteroatoms. The summed E-state index contributed by atoms with van der Waals surface area (Å²) in [5.74, 6) is -0.427. The third-order valence-corrected chi connectivity index (χ3v) is 2.94. The number of esters is 1. The monoisotopic (exact) mass is 206 g/mol. The fraction of sp³-hybridized carbons (Fsp3) is 0.417. The van der Waals surface area contributed by atoms with Crippen LogP contribution in [0, 0.1) is 0 Å². The quantitative estimate of drug-likeness (QED) is 0.712. The van der Waals surface area contributed by atoms with Crippen molar-refractivity contribution in [2.45, 2.75) is 24.9 Å². The third kappa shape index (κ3) is 1.75. The molecule has 80 valence electrons. The molecule has 1 aliphatic carbocycles. The lowest BCUT2D eigenvalue weighted by atomic mass is 9.81. The maximum Gasteiger partial charge on any atom is 0.313 e. The Morgan fingerprint density at radius 1 is 1.33 bits per heavy atom. The average Bonchev–Trinajstić information content (AvgIpc) is 2.29. The van der Waals surface area contributed by atoms with E-state index in [-0.39, 0.29) is 11.9 Å². The van der Waals surface area contributed by atoms with E-state index in [1.165, 1.54) is 7.11 Å². The van der Waals surface area contributed by atoms with Crippen molar-refractivity contribution in [3.63, 3.8) is 0 Å². The van der Waals surface area contributed by atoms with Crippen molar-refractivity contribution in [2.75, 3.05) is 7.11 Å². The zero-order chi connectivity index (χ0) is 10.8. The lowest BCUT2D eigenvalue weighted by Crippen LogP contribution is -2.21. The molecule has 0 saturated heterocycles. The van der Waals surface area contributed by atoms with Gasteiger partial charge in [-0.2, -0.15) is 0 Å². The van der Waals surface area contributed by atoms with Gasteiger partial charge in [-0.1, -0.05) is 24.3 Å². The van der Waals surface area contributed by atoms with Crippen LogP contribution in [-0.2, 0) is 9.53 Å². The van der Waals surface area contributed by atoms with Gasteiger partial charge in [0.2, 0.25) is 0 Å². The van der Waals surface area contributed by atoms with E-state index in [2.05, 4.69) is 0 Å². The zero-order valence-electron chi connectivity index (χ0n) is 8.64. The smallest absolute Gasteiger partial charge is 0.313 e. The Morgan fingerprint density at radius 2 is 2.00 bits per heavy atom. The number of carbonyl (C=O) groups excluding carboxylic acids is 1. The minimum absolute atomic E-state index is 0.213. The second kappa shape index (κ2) is 4.03. The molecule has 2 unspecified atom stereocenters. The van der Waals surface area contributed by atoms with Crippen molar-refractivity contribution >= 4 is 5.97 Å². The van der Waals surface area contributed by atoms with Gasteiger partial charge in [0, 0.05) is 0 Å². The molecule has 1 aromatic carbocycles. The Morgan fingerprint density at radius 3 is 2.67 bits per heavy atom. The van der Waals surface area contributed by atoms with Crippen LogP contribution in [0.5, 0.6) is 0 Å². The highest BCUT2D eigenvalue weighted by Gasteiger charge is 2.30. The molecule has 0 fully saturated rings. The summed E-state index contributed by atoms with van der Waals surface area (Å²) in [6, 6.07) is 7.52. The molecule has 0 bridgehead atoms. The van der Waals surface area contributed by atoms with Gasteiger partial charge in [-0.25, -0.2) is 0 Å². The van der Waals surface area contributed by atoms with Crippen LogP contribution in [0.25, 0.3) is 0 Å². The Balaban J connectivity index is 2.40. The summed E-state index contributed by atoms with van der Waals surface area (Å²) in [6.45, 7) is 0. The number of benzene rings is 1. The highest BCUT2D eigenvalue weighted by molar-refractivity contribution is 5.79. The first-order valence-corrected chi connectivity index (χ1v) is 5.08. The van der Waals surface area contributed by atoms with Crippen molar-refractivity contribution in [1.29, 1.82) is 0 Å². The molecule has 2 atom stereocenters. The SMILES string of the molecule is COC(=O)C1CCC(O)c2ccccc21. The molecule has 0 saturated carbocycles. The standard InChI is InChI=1S/C12H14O3/c1-15-12(14)10-6-7-11(13)9-5-3-2-4-8(9)10/h2-5,10-11,13H,6-7H2,1H3. The first-order valence-electron chi connectivity index (χ1n) is 5.08. The van der Waals surface area contributed by atoms with Crippen molar-refractivity contribution < 1.29 is 14.6 Å². The van der Waals surface area contributed by atoms with E-state index in [1.54, 1.807) is 0 Å². The third-order valence-electron chi connectivity index (χ3n) is 2.94. The average molecular weight is 206 g/mol. The molecule has 0 aromatic heterocycles. The maximum absolute atomic E-state index is 11.5. The van der Waals surface area contributed by atoms with Gasteiger partial charge in [0.05, 0.1) is 19.1 Å². The Hall–Kier alpha value is -1.35. The van der Waals surface area contributed by atoms with Crippen molar-refractivity contribution in [3.8, 4) is 0 Å². The van der Waals surface area contributed by atoms with Gasteiger partial charge in [-0.3, -0.25) is 4.79 Å². The van der Waals surface area contributed by atoms with Crippen LogP contribution >= 0.6 is 0 Å². The Bertz CT molecular complexity index is 373. The van der Waals surface area contributed by atoms with Crippen LogP contribution in [0.4, 0.5) is 0 Å². The van der Waals surface area contributed by atoms with Crippen molar-refractivity contribution in [3.05, 3.63) is 35.4 Å². The topological polar surface area (TPSA) is 46.5 Å². The van der Waals surface area contributed by atoms with Crippen molar-refractivity contribution in [2.24, 2.45) is 0 Å². The number of rotatable bonds is 1. The summed E-state index contributed by atoms with van der Waals surface area (Å²) >= 11 is 0. The molecule has 1 aromatic rings. The Kier molecular flexibility index (Phi) is 2.73. The van der Waals surface area contributed by atoms with Crippen LogP contribution in [0.15, 0.2) is 24.3 Å². The molecule has 0 aliphatic heterocycles. The number of carbonyl (C=O) groups is 1. The maximum atomic E-state index is 11.5.